The number of hydrogen-bond acceptors (Lipinski definition) is 3. The first-order valence-corrected chi connectivity index (χ1v) is 8.03. The maximum atomic E-state index is 13.6. The molecular weight excluding hydrogens is 311 g/mol. The van der Waals surface area contributed by atoms with Crippen LogP contribution >= 0.6 is 0 Å². The summed E-state index contributed by atoms with van der Waals surface area (Å²) in [6, 6.07) is 5.24. The number of amides is 3. The number of carbonyl (C=O) groups is 3. The van der Waals surface area contributed by atoms with Gasteiger partial charge in [0.25, 0.3) is 0 Å². The first kappa shape index (κ1) is 16.4. The molecule has 5 nitrogen and oxygen atoms in total. The number of benzene rings is 1. The quantitative estimate of drug-likeness (QED) is 0.676. The van der Waals surface area contributed by atoms with E-state index in [0.29, 0.717) is 18.4 Å². The van der Waals surface area contributed by atoms with Crippen LogP contribution in [0.15, 0.2) is 36.4 Å². The number of nitrogens with one attached hydrogen (secondary N) is 1. The summed E-state index contributed by atoms with van der Waals surface area (Å²) in [5.41, 5.74) is 0.356. The van der Waals surface area contributed by atoms with Crippen LogP contribution in [-0.4, -0.2) is 28.7 Å². The Kier molecular flexibility index (Phi) is 4.46. The van der Waals surface area contributed by atoms with E-state index in [4.69, 9.17) is 0 Å². The van der Waals surface area contributed by atoms with E-state index >= 15 is 0 Å². The lowest BCUT2D eigenvalue weighted by atomic mass is 9.85. The SMILES string of the molecule is C[C@H](C(=O)NCc1ccccc1F)N1C(=O)[C@H]2CC=CC[C@H]2C1=O. The zero-order valence-electron chi connectivity index (χ0n) is 13.4. The molecule has 126 valence electrons. The second kappa shape index (κ2) is 6.55. The van der Waals surface area contributed by atoms with Crippen LogP contribution in [-0.2, 0) is 20.9 Å². The van der Waals surface area contributed by atoms with Crippen molar-refractivity contribution in [3.8, 4) is 0 Å². The summed E-state index contributed by atoms with van der Waals surface area (Å²) in [4.78, 5) is 38.3. The van der Waals surface area contributed by atoms with Gasteiger partial charge in [0.05, 0.1) is 11.8 Å². The van der Waals surface area contributed by atoms with Crippen molar-refractivity contribution in [2.75, 3.05) is 0 Å². The van der Waals surface area contributed by atoms with Crippen molar-refractivity contribution >= 4 is 17.7 Å². The summed E-state index contributed by atoms with van der Waals surface area (Å²) in [7, 11) is 0. The second-order valence-corrected chi connectivity index (χ2v) is 6.19. The van der Waals surface area contributed by atoms with Crippen LogP contribution in [0.2, 0.25) is 0 Å². The highest BCUT2D eigenvalue weighted by Crippen LogP contribution is 2.36. The molecule has 1 N–H and O–H groups in total. The summed E-state index contributed by atoms with van der Waals surface area (Å²) < 4.78 is 13.6. The van der Waals surface area contributed by atoms with Gasteiger partial charge in [-0.1, -0.05) is 30.4 Å². The van der Waals surface area contributed by atoms with Crippen LogP contribution < -0.4 is 5.32 Å². The highest BCUT2D eigenvalue weighted by Gasteiger charge is 2.49. The Morgan fingerprint density at radius 1 is 1.21 bits per heavy atom. The summed E-state index contributed by atoms with van der Waals surface area (Å²) in [5.74, 6) is -2.16. The fourth-order valence-corrected chi connectivity index (χ4v) is 3.30. The second-order valence-electron chi connectivity index (χ2n) is 6.19. The molecule has 3 atom stereocenters. The summed E-state index contributed by atoms with van der Waals surface area (Å²) in [6.45, 7) is 1.54. The topological polar surface area (TPSA) is 66.5 Å². The molecule has 0 saturated carbocycles. The molecular formula is C18H19FN2O3. The number of rotatable bonds is 4. The summed E-state index contributed by atoms with van der Waals surface area (Å²) in [5, 5.41) is 2.60. The van der Waals surface area contributed by atoms with Crippen molar-refractivity contribution < 1.29 is 18.8 Å². The Morgan fingerprint density at radius 2 is 1.79 bits per heavy atom. The highest BCUT2D eigenvalue weighted by atomic mass is 19.1. The first-order valence-electron chi connectivity index (χ1n) is 8.03. The third-order valence-corrected chi connectivity index (χ3v) is 4.72. The van der Waals surface area contributed by atoms with E-state index < -0.39 is 17.8 Å². The molecule has 0 unspecified atom stereocenters. The van der Waals surface area contributed by atoms with Crippen molar-refractivity contribution in [2.24, 2.45) is 11.8 Å². The molecule has 1 aromatic rings. The number of likely N-dealkylation sites (tertiary alicyclic amines) is 1. The standard InChI is InChI=1S/C18H19FN2O3/c1-11(16(22)20-10-12-6-2-5-9-15(12)19)21-17(23)13-7-3-4-8-14(13)18(21)24/h2-6,9,11,13-14H,7-8,10H2,1H3,(H,20,22)/t11-,13-,14+/m1/s1. The third kappa shape index (κ3) is 2.84. The fraction of sp³-hybridized carbons (Fsp3) is 0.389. The summed E-state index contributed by atoms with van der Waals surface area (Å²) in [6.07, 6.45) is 4.88. The molecule has 1 heterocycles. The molecule has 1 fully saturated rings. The average molecular weight is 330 g/mol. The van der Waals surface area contributed by atoms with Crippen LogP contribution in [0.3, 0.4) is 0 Å². The fourth-order valence-electron chi connectivity index (χ4n) is 3.30. The molecule has 0 bridgehead atoms. The van der Waals surface area contributed by atoms with E-state index in [1.165, 1.54) is 13.0 Å². The molecule has 3 amide bonds. The van der Waals surface area contributed by atoms with Crippen molar-refractivity contribution in [3.05, 3.63) is 47.8 Å². The predicted molar refractivity (Wildman–Crippen MR) is 84.9 cm³/mol. The molecule has 2 aliphatic rings. The van der Waals surface area contributed by atoms with Gasteiger partial charge >= 0.3 is 0 Å². The Hall–Kier alpha value is -2.50. The van der Waals surface area contributed by atoms with Gasteiger partial charge in [-0.15, -0.1) is 0 Å². The minimum absolute atomic E-state index is 0.0144. The number of nitrogens with zero attached hydrogens (tertiary/aromatic N) is 1. The normalized spacial score (nSPS) is 24.0. The van der Waals surface area contributed by atoms with Gasteiger partial charge in [-0.25, -0.2) is 4.39 Å². The Balaban J connectivity index is 1.66. The monoisotopic (exact) mass is 330 g/mol. The van der Waals surface area contributed by atoms with Gasteiger partial charge in [0.15, 0.2) is 0 Å². The van der Waals surface area contributed by atoms with E-state index in [1.807, 2.05) is 12.2 Å². The van der Waals surface area contributed by atoms with Gasteiger partial charge in [-0.3, -0.25) is 19.3 Å². The minimum Gasteiger partial charge on any atom is -0.350 e. The molecule has 24 heavy (non-hydrogen) atoms. The van der Waals surface area contributed by atoms with E-state index in [2.05, 4.69) is 5.32 Å². The Morgan fingerprint density at radius 3 is 2.38 bits per heavy atom. The molecule has 0 spiro atoms. The van der Waals surface area contributed by atoms with Gasteiger partial charge in [0.2, 0.25) is 17.7 Å². The van der Waals surface area contributed by atoms with Gasteiger partial charge in [0.1, 0.15) is 11.9 Å². The molecule has 1 aliphatic carbocycles. The van der Waals surface area contributed by atoms with Crippen molar-refractivity contribution in [1.82, 2.24) is 10.2 Å². The van der Waals surface area contributed by atoms with E-state index in [-0.39, 0.29) is 30.2 Å². The number of fused-ring (bicyclic) bond motifs is 1. The Bertz CT molecular complexity index is 690. The molecule has 3 rings (SSSR count). The maximum Gasteiger partial charge on any atom is 0.243 e. The van der Waals surface area contributed by atoms with Crippen LogP contribution in [0.25, 0.3) is 0 Å². The van der Waals surface area contributed by atoms with Crippen LogP contribution in [0.4, 0.5) is 4.39 Å². The van der Waals surface area contributed by atoms with Gasteiger partial charge in [-0.05, 0) is 25.8 Å². The van der Waals surface area contributed by atoms with E-state index in [1.54, 1.807) is 18.2 Å². The molecule has 0 aromatic heterocycles. The first-order chi connectivity index (χ1) is 11.5. The number of halogens is 1. The Labute approximate surface area is 139 Å². The third-order valence-electron chi connectivity index (χ3n) is 4.72. The van der Waals surface area contributed by atoms with Crippen molar-refractivity contribution in [2.45, 2.75) is 32.4 Å². The zero-order chi connectivity index (χ0) is 17.3. The summed E-state index contributed by atoms with van der Waals surface area (Å²) >= 11 is 0. The molecule has 1 aromatic carbocycles. The number of imide groups is 1. The minimum atomic E-state index is -0.901. The average Bonchev–Trinajstić information content (AvgIpc) is 2.85. The lowest BCUT2D eigenvalue weighted by Gasteiger charge is -2.22. The highest BCUT2D eigenvalue weighted by molar-refractivity contribution is 6.08. The number of hydrogen-bond donors (Lipinski definition) is 1. The predicted octanol–water partition coefficient (Wildman–Crippen LogP) is 1.78. The van der Waals surface area contributed by atoms with Crippen molar-refractivity contribution in [1.29, 1.82) is 0 Å². The zero-order valence-corrected chi connectivity index (χ0v) is 13.4. The number of carbonyl (C=O) groups excluding carboxylic acids is 3. The van der Waals surface area contributed by atoms with E-state index in [9.17, 15) is 18.8 Å². The van der Waals surface area contributed by atoms with Crippen molar-refractivity contribution in [3.63, 3.8) is 0 Å². The smallest absolute Gasteiger partial charge is 0.243 e. The largest absolute Gasteiger partial charge is 0.350 e. The maximum absolute atomic E-state index is 13.6. The lowest BCUT2D eigenvalue weighted by Crippen LogP contribution is -2.48. The van der Waals surface area contributed by atoms with Gasteiger partial charge in [0, 0.05) is 12.1 Å². The molecule has 1 aliphatic heterocycles. The van der Waals surface area contributed by atoms with Crippen LogP contribution in [0.5, 0.6) is 0 Å². The van der Waals surface area contributed by atoms with Crippen LogP contribution in [0.1, 0.15) is 25.3 Å². The molecule has 0 radical (unpaired) electrons. The van der Waals surface area contributed by atoms with Gasteiger partial charge in [-0.2, -0.15) is 0 Å². The lowest BCUT2D eigenvalue weighted by molar-refractivity contribution is -0.147. The van der Waals surface area contributed by atoms with Crippen LogP contribution in [0, 0.1) is 17.7 Å². The molecule has 1 saturated heterocycles. The van der Waals surface area contributed by atoms with Gasteiger partial charge < -0.3 is 5.32 Å². The number of allylic oxidation sites excluding steroid dienone is 2. The van der Waals surface area contributed by atoms with E-state index in [0.717, 1.165) is 4.90 Å². The molecule has 6 heteroatoms.